The summed E-state index contributed by atoms with van der Waals surface area (Å²) in [7, 11) is 0. The van der Waals surface area contributed by atoms with Crippen molar-refractivity contribution in [2.75, 3.05) is 6.61 Å². The van der Waals surface area contributed by atoms with Crippen LogP contribution in [0.25, 0.3) is 0 Å². The Morgan fingerprint density at radius 1 is 1.05 bits per heavy atom. The number of carboxylic acid groups (broad SMARTS) is 1. The quantitative estimate of drug-likeness (QED) is 0.575. The van der Waals surface area contributed by atoms with Gasteiger partial charge in [-0.3, -0.25) is 4.79 Å². The summed E-state index contributed by atoms with van der Waals surface area (Å²) in [6.07, 6.45) is 5.49. The fourth-order valence-electron chi connectivity index (χ4n) is 2.53. The van der Waals surface area contributed by atoms with Gasteiger partial charge in [0, 0.05) is 0 Å². The molecule has 0 aliphatic heterocycles. The van der Waals surface area contributed by atoms with Crippen LogP contribution < -0.4 is 0 Å². The van der Waals surface area contributed by atoms with Crippen LogP contribution in [-0.4, -0.2) is 23.8 Å². The van der Waals surface area contributed by atoms with E-state index in [-0.39, 0.29) is 16.9 Å². The monoisotopic (exact) mass is 300 g/mol. The van der Waals surface area contributed by atoms with E-state index in [9.17, 15) is 4.79 Å². The smallest absolute Gasteiger partial charge is 0.308 e. The molecule has 0 heterocycles. The lowest BCUT2D eigenvalue weighted by molar-refractivity contribution is -0.146. The first-order chi connectivity index (χ1) is 9.67. The first-order valence-corrected chi connectivity index (χ1v) is 8.52. The fourth-order valence-corrected chi connectivity index (χ4v) is 2.53. The number of hydrogen-bond acceptors (Lipinski definition) is 2. The predicted octanol–water partition coefficient (Wildman–Crippen LogP) is 5.14. The van der Waals surface area contributed by atoms with Crippen LogP contribution >= 0.6 is 0 Å². The van der Waals surface area contributed by atoms with Crippen molar-refractivity contribution in [1.29, 1.82) is 0 Å². The standard InChI is InChI=1S/C18H36O3/c1-8-17(6,9-2)12-15(18(7,10-3)11-4)21-13-14(5)16(19)20/h14-15H,8-13H2,1-7H3,(H,19,20). The normalized spacial score (nSPS) is 15.8. The van der Waals surface area contributed by atoms with E-state index in [0.717, 1.165) is 32.1 Å². The summed E-state index contributed by atoms with van der Waals surface area (Å²) in [5.74, 6) is -1.22. The molecular formula is C18H36O3. The summed E-state index contributed by atoms with van der Waals surface area (Å²) in [6, 6.07) is 0. The van der Waals surface area contributed by atoms with Crippen molar-refractivity contribution in [2.24, 2.45) is 16.7 Å². The second kappa shape index (κ2) is 8.77. The van der Waals surface area contributed by atoms with Gasteiger partial charge < -0.3 is 9.84 Å². The van der Waals surface area contributed by atoms with Crippen LogP contribution in [0, 0.1) is 16.7 Å². The molecule has 0 aliphatic rings. The Labute approximate surface area is 131 Å². The lowest BCUT2D eigenvalue weighted by Gasteiger charge is -2.41. The van der Waals surface area contributed by atoms with Crippen molar-refractivity contribution in [1.82, 2.24) is 0 Å². The highest BCUT2D eigenvalue weighted by atomic mass is 16.5. The fraction of sp³-hybridized carbons (Fsp3) is 0.944. The molecule has 21 heavy (non-hydrogen) atoms. The van der Waals surface area contributed by atoms with Gasteiger partial charge in [0.2, 0.25) is 0 Å². The van der Waals surface area contributed by atoms with Gasteiger partial charge in [-0.25, -0.2) is 0 Å². The molecule has 0 saturated carbocycles. The molecule has 126 valence electrons. The zero-order valence-corrected chi connectivity index (χ0v) is 15.2. The van der Waals surface area contributed by atoms with Gasteiger partial charge >= 0.3 is 5.97 Å². The van der Waals surface area contributed by atoms with Crippen molar-refractivity contribution in [3.05, 3.63) is 0 Å². The number of rotatable bonds is 11. The van der Waals surface area contributed by atoms with E-state index in [1.165, 1.54) is 0 Å². The molecule has 0 aromatic heterocycles. The molecule has 2 atom stereocenters. The summed E-state index contributed by atoms with van der Waals surface area (Å²) in [5, 5.41) is 9.06. The molecule has 2 unspecified atom stereocenters. The van der Waals surface area contributed by atoms with E-state index in [4.69, 9.17) is 9.84 Å². The third kappa shape index (κ3) is 5.98. The highest BCUT2D eigenvalue weighted by Crippen LogP contribution is 2.41. The van der Waals surface area contributed by atoms with Gasteiger partial charge in [0.15, 0.2) is 0 Å². The highest BCUT2D eigenvalue weighted by molar-refractivity contribution is 5.69. The molecule has 0 saturated heterocycles. The molecule has 0 aromatic rings. The second-order valence-corrected chi connectivity index (χ2v) is 7.14. The summed E-state index contributed by atoms with van der Waals surface area (Å²) in [4.78, 5) is 11.0. The van der Waals surface area contributed by atoms with E-state index >= 15 is 0 Å². The van der Waals surface area contributed by atoms with Crippen molar-refractivity contribution in [3.8, 4) is 0 Å². The van der Waals surface area contributed by atoms with E-state index in [1.807, 2.05) is 0 Å². The molecule has 0 amide bonds. The van der Waals surface area contributed by atoms with Gasteiger partial charge in [-0.15, -0.1) is 0 Å². The Hall–Kier alpha value is -0.570. The molecule has 0 rings (SSSR count). The Balaban J connectivity index is 5.06. The van der Waals surface area contributed by atoms with Gasteiger partial charge in [-0.2, -0.15) is 0 Å². The lowest BCUT2D eigenvalue weighted by atomic mass is 9.70. The minimum Gasteiger partial charge on any atom is -0.481 e. The number of carboxylic acids is 1. The predicted molar refractivity (Wildman–Crippen MR) is 88.5 cm³/mol. The summed E-state index contributed by atoms with van der Waals surface area (Å²) in [5.41, 5.74) is 0.381. The maximum absolute atomic E-state index is 11.0. The minimum absolute atomic E-state index is 0.115. The van der Waals surface area contributed by atoms with E-state index in [2.05, 4.69) is 41.5 Å². The van der Waals surface area contributed by atoms with Crippen LogP contribution in [-0.2, 0) is 9.53 Å². The van der Waals surface area contributed by atoms with Gasteiger partial charge in [-0.1, -0.05) is 54.4 Å². The van der Waals surface area contributed by atoms with E-state index in [0.29, 0.717) is 6.61 Å². The molecular weight excluding hydrogens is 264 g/mol. The molecule has 0 radical (unpaired) electrons. The Bertz CT molecular complexity index is 304. The zero-order chi connectivity index (χ0) is 16.7. The summed E-state index contributed by atoms with van der Waals surface area (Å²) in [6.45, 7) is 15.5. The molecule has 3 nitrogen and oxygen atoms in total. The molecule has 0 aliphatic carbocycles. The van der Waals surface area contributed by atoms with Crippen LogP contribution in [0.5, 0.6) is 0 Å². The lowest BCUT2D eigenvalue weighted by Crippen LogP contribution is -2.39. The maximum Gasteiger partial charge on any atom is 0.308 e. The largest absolute Gasteiger partial charge is 0.481 e. The van der Waals surface area contributed by atoms with Gasteiger partial charge in [0.1, 0.15) is 0 Å². The van der Waals surface area contributed by atoms with Crippen molar-refractivity contribution in [3.63, 3.8) is 0 Å². The SMILES string of the molecule is CCC(C)(CC)CC(OCC(C)C(=O)O)C(C)(CC)CC. The van der Waals surface area contributed by atoms with Crippen LogP contribution in [0.3, 0.4) is 0 Å². The average molecular weight is 300 g/mol. The number of aliphatic carboxylic acids is 1. The van der Waals surface area contributed by atoms with Crippen molar-refractivity contribution >= 4 is 5.97 Å². The number of ether oxygens (including phenoxy) is 1. The first-order valence-electron chi connectivity index (χ1n) is 8.52. The Morgan fingerprint density at radius 3 is 1.86 bits per heavy atom. The molecule has 0 aromatic carbocycles. The molecule has 0 bridgehead atoms. The minimum atomic E-state index is -0.780. The summed E-state index contributed by atoms with van der Waals surface area (Å²) >= 11 is 0. The molecule has 0 spiro atoms. The van der Waals surface area contributed by atoms with Gasteiger partial charge in [-0.05, 0) is 37.0 Å². The first kappa shape index (κ1) is 20.4. The second-order valence-electron chi connectivity index (χ2n) is 7.14. The zero-order valence-electron chi connectivity index (χ0n) is 15.2. The number of hydrogen-bond donors (Lipinski definition) is 1. The third-order valence-corrected chi connectivity index (χ3v) is 5.75. The van der Waals surface area contributed by atoms with Crippen LogP contribution in [0.4, 0.5) is 0 Å². The van der Waals surface area contributed by atoms with Crippen molar-refractivity contribution < 1.29 is 14.6 Å². The Kier molecular flexibility index (Phi) is 8.53. The van der Waals surface area contributed by atoms with Gasteiger partial charge in [0.05, 0.1) is 18.6 Å². The Morgan fingerprint density at radius 2 is 1.52 bits per heavy atom. The van der Waals surface area contributed by atoms with Crippen LogP contribution in [0.2, 0.25) is 0 Å². The van der Waals surface area contributed by atoms with E-state index < -0.39 is 11.9 Å². The molecule has 1 N–H and O–H groups in total. The van der Waals surface area contributed by atoms with Crippen LogP contribution in [0.1, 0.15) is 80.6 Å². The molecule has 3 heteroatoms. The van der Waals surface area contributed by atoms with E-state index in [1.54, 1.807) is 6.92 Å². The van der Waals surface area contributed by atoms with Crippen molar-refractivity contribution in [2.45, 2.75) is 86.7 Å². The highest BCUT2D eigenvalue weighted by Gasteiger charge is 2.37. The van der Waals surface area contributed by atoms with Crippen LogP contribution in [0.15, 0.2) is 0 Å². The van der Waals surface area contributed by atoms with Gasteiger partial charge in [0.25, 0.3) is 0 Å². The molecule has 0 fully saturated rings. The summed E-state index contributed by atoms with van der Waals surface area (Å²) < 4.78 is 6.13. The average Bonchev–Trinajstić information content (AvgIpc) is 2.49. The number of carbonyl (C=O) groups is 1. The third-order valence-electron chi connectivity index (χ3n) is 5.75. The maximum atomic E-state index is 11.0. The topological polar surface area (TPSA) is 46.5 Å².